The van der Waals surface area contributed by atoms with Crippen molar-refractivity contribution in [1.82, 2.24) is 4.98 Å². The van der Waals surface area contributed by atoms with Gasteiger partial charge in [0.05, 0.1) is 24.2 Å². The van der Waals surface area contributed by atoms with Crippen molar-refractivity contribution in [1.29, 1.82) is 0 Å². The maximum atomic E-state index is 13.7. The highest BCUT2D eigenvalue weighted by Gasteiger charge is 2.41. The molecule has 1 aliphatic rings. The van der Waals surface area contributed by atoms with Gasteiger partial charge in [0.2, 0.25) is 5.91 Å². The predicted molar refractivity (Wildman–Crippen MR) is 84.4 cm³/mol. The number of aromatic nitrogens is 1. The van der Waals surface area contributed by atoms with Crippen LogP contribution in [0.4, 0.5) is 15.2 Å². The molecule has 124 valence electrons. The van der Waals surface area contributed by atoms with Crippen molar-refractivity contribution >= 4 is 39.9 Å². The molecule has 2 amide bonds. The third-order valence-corrected chi connectivity index (χ3v) is 4.29. The summed E-state index contributed by atoms with van der Waals surface area (Å²) < 4.78 is 13.7. The summed E-state index contributed by atoms with van der Waals surface area (Å²) in [4.78, 5) is 40.2. The smallest absolute Gasteiger partial charge is 0.309 e. The van der Waals surface area contributed by atoms with E-state index >= 15 is 0 Å². The van der Waals surface area contributed by atoms with E-state index < -0.39 is 29.6 Å². The number of para-hydroxylation sites is 1. The zero-order valence-electron chi connectivity index (χ0n) is 12.2. The van der Waals surface area contributed by atoms with E-state index in [1.165, 1.54) is 23.6 Å². The molecular weight excluding hydrogens is 337 g/mol. The number of imide groups is 1. The van der Waals surface area contributed by atoms with Crippen LogP contribution < -0.4 is 10.2 Å². The molecule has 0 aliphatic carbocycles. The van der Waals surface area contributed by atoms with E-state index in [1.807, 2.05) is 0 Å². The number of nitrogens with zero attached hydrogens (tertiary/aromatic N) is 2. The Morgan fingerprint density at radius 2 is 2.17 bits per heavy atom. The highest BCUT2D eigenvalue weighted by Crippen LogP contribution is 2.28. The average Bonchev–Trinajstić information content (AvgIpc) is 3.06. The van der Waals surface area contributed by atoms with Gasteiger partial charge in [0.25, 0.3) is 5.91 Å². The third kappa shape index (κ3) is 3.11. The molecule has 1 aliphatic heterocycles. The van der Waals surface area contributed by atoms with Gasteiger partial charge in [0, 0.05) is 5.38 Å². The van der Waals surface area contributed by atoms with E-state index in [-0.39, 0.29) is 29.4 Å². The Hall–Kier alpha value is -2.81. The van der Waals surface area contributed by atoms with Crippen LogP contribution in [-0.2, 0) is 20.8 Å². The molecule has 2 aromatic rings. The van der Waals surface area contributed by atoms with Gasteiger partial charge in [-0.1, -0.05) is 12.1 Å². The first-order valence-electron chi connectivity index (χ1n) is 7.00. The van der Waals surface area contributed by atoms with Gasteiger partial charge >= 0.3 is 5.97 Å². The molecule has 0 bridgehead atoms. The summed E-state index contributed by atoms with van der Waals surface area (Å²) in [5, 5.41) is 13.1. The number of hydrogen-bond acceptors (Lipinski definition) is 6. The Labute approximate surface area is 139 Å². The molecular formula is C15H12FN3O4S. The molecule has 1 atom stereocenters. The van der Waals surface area contributed by atoms with Crippen LogP contribution in [0.25, 0.3) is 0 Å². The number of hydrogen-bond donors (Lipinski definition) is 2. The summed E-state index contributed by atoms with van der Waals surface area (Å²) >= 11 is 1.02. The Morgan fingerprint density at radius 1 is 1.42 bits per heavy atom. The topological polar surface area (TPSA) is 99.6 Å². The molecule has 9 heteroatoms. The van der Waals surface area contributed by atoms with Gasteiger partial charge in [-0.05, 0) is 12.1 Å². The van der Waals surface area contributed by atoms with Crippen LogP contribution in [0.1, 0.15) is 12.1 Å². The lowest BCUT2D eigenvalue weighted by atomic mass is 10.2. The molecule has 2 heterocycles. The highest BCUT2D eigenvalue weighted by atomic mass is 32.1. The Bertz CT molecular complexity index is 823. The van der Waals surface area contributed by atoms with Gasteiger partial charge in [0.15, 0.2) is 5.13 Å². The van der Waals surface area contributed by atoms with Crippen LogP contribution in [0, 0.1) is 5.82 Å². The van der Waals surface area contributed by atoms with Gasteiger partial charge in [-0.25, -0.2) is 14.3 Å². The lowest BCUT2D eigenvalue weighted by Crippen LogP contribution is -2.35. The number of rotatable bonds is 5. The standard InChI is InChI=1S/C15H12FN3O4S/c16-9-3-1-2-4-10(9)18-11-6-12(20)19(14(11)23)15-17-8(7-24-15)5-13(21)22/h1-4,7,11,18H,5-6H2,(H,21,22). The second kappa shape index (κ2) is 6.36. The van der Waals surface area contributed by atoms with E-state index in [4.69, 9.17) is 5.11 Å². The van der Waals surface area contributed by atoms with Crippen molar-refractivity contribution in [2.75, 3.05) is 10.2 Å². The first-order valence-corrected chi connectivity index (χ1v) is 7.87. The third-order valence-electron chi connectivity index (χ3n) is 3.41. The summed E-state index contributed by atoms with van der Waals surface area (Å²) in [5.41, 5.74) is 0.407. The minimum Gasteiger partial charge on any atom is -0.481 e. The zero-order valence-corrected chi connectivity index (χ0v) is 13.0. The van der Waals surface area contributed by atoms with Gasteiger partial charge in [-0.2, -0.15) is 0 Å². The SMILES string of the molecule is O=C(O)Cc1csc(N2C(=O)CC(Nc3ccccc3F)C2=O)n1. The maximum Gasteiger partial charge on any atom is 0.309 e. The fraction of sp³-hybridized carbons (Fsp3) is 0.200. The van der Waals surface area contributed by atoms with Crippen molar-refractivity contribution in [3.8, 4) is 0 Å². The van der Waals surface area contributed by atoms with E-state index in [9.17, 15) is 18.8 Å². The van der Waals surface area contributed by atoms with Crippen molar-refractivity contribution in [2.24, 2.45) is 0 Å². The summed E-state index contributed by atoms with van der Waals surface area (Å²) in [5.74, 6) is -2.58. The Morgan fingerprint density at radius 3 is 2.88 bits per heavy atom. The number of carbonyl (C=O) groups is 3. The minimum atomic E-state index is -1.05. The molecule has 1 saturated heterocycles. The summed E-state index contributed by atoms with van der Waals surface area (Å²) in [7, 11) is 0. The van der Waals surface area contributed by atoms with Gasteiger partial charge in [-0.15, -0.1) is 11.3 Å². The van der Waals surface area contributed by atoms with Gasteiger partial charge < -0.3 is 10.4 Å². The zero-order chi connectivity index (χ0) is 17.3. The van der Waals surface area contributed by atoms with Crippen molar-refractivity contribution in [3.63, 3.8) is 0 Å². The number of nitrogens with one attached hydrogen (secondary N) is 1. The Kier molecular flexibility index (Phi) is 4.26. The van der Waals surface area contributed by atoms with E-state index in [0.717, 1.165) is 16.2 Å². The van der Waals surface area contributed by atoms with Crippen molar-refractivity contribution in [3.05, 3.63) is 41.2 Å². The molecule has 1 aromatic carbocycles. The van der Waals surface area contributed by atoms with Crippen LogP contribution in [0.3, 0.4) is 0 Å². The number of carbonyl (C=O) groups excluding carboxylic acids is 2. The molecule has 7 nitrogen and oxygen atoms in total. The first kappa shape index (κ1) is 16.1. The molecule has 1 aromatic heterocycles. The quantitative estimate of drug-likeness (QED) is 0.797. The molecule has 1 fully saturated rings. The van der Waals surface area contributed by atoms with Crippen LogP contribution in [0.5, 0.6) is 0 Å². The second-order valence-corrected chi connectivity index (χ2v) is 5.98. The largest absolute Gasteiger partial charge is 0.481 e. The number of aliphatic carboxylic acids is 1. The number of benzene rings is 1. The number of carboxylic acid groups (broad SMARTS) is 1. The number of thiazole rings is 1. The lowest BCUT2D eigenvalue weighted by molar-refractivity contribution is -0.136. The molecule has 24 heavy (non-hydrogen) atoms. The maximum absolute atomic E-state index is 13.7. The molecule has 3 rings (SSSR count). The number of carboxylic acids is 1. The Balaban J connectivity index is 1.78. The summed E-state index contributed by atoms with van der Waals surface area (Å²) in [6.45, 7) is 0. The normalized spacial score (nSPS) is 17.4. The second-order valence-electron chi connectivity index (χ2n) is 5.14. The monoisotopic (exact) mass is 349 g/mol. The minimum absolute atomic E-state index is 0.124. The van der Waals surface area contributed by atoms with Gasteiger partial charge in [0.1, 0.15) is 11.9 Å². The molecule has 0 saturated carbocycles. The first-order chi connectivity index (χ1) is 11.5. The average molecular weight is 349 g/mol. The van der Waals surface area contributed by atoms with Crippen LogP contribution >= 0.6 is 11.3 Å². The summed E-state index contributed by atoms with van der Waals surface area (Å²) in [6.07, 6.45) is -0.412. The fourth-order valence-electron chi connectivity index (χ4n) is 2.35. The molecule has 0 radical (unpaired) electrons. The lowest BCUT2D eigenvalue weighted by Gasteiger charge is -2.14. The van der Waals surface area contributed by atoms with Crippen molar-refractivity contribution in [2.45, 2.75) is 18.9 Å². The molecule has 2 N–H and O–H groups in total. The molecule has 1 unspecified atom stereocenters. The van der Waals surface area contributed by atoms with Crippen molar-refractivity contribution < 1.29 is 23.9 Å². The van der Waals surface area contributed by atoms with Crippen LogP contribution in [0.2, 0.25) is 0 Å². The fourth-order valence-corrected chi connectivity index (χ4v) is 3.19. The molecule has 0 spiro atoms. The summed E-state index contributed by atoms with van der Waals surface area (Å²) in [6, 6.07) is 4.98. The predicted octanol–water partition coefficient (Wildman–Crippen LogP) is 1.65. The highest BCUT2D eigenvalue weighted by molar-refractivity contribution is 7.14. The van der Waals surface area contributed by atoms with Gasteiger partial charge in [-0.3, -0.25) is 14.4 Å². The van der Waals surface area contributed by atoms with Crippen LogP contribution in [-0.4, -0.2) is 33.9 Å². The van der Waals surface area contributed by atoms with Crippen LogP contribution in [0.15, 0.2) is 29.6 Å². The van der Waals surface area contributed by atoms with E-state index in [0.29, 0.717) is 0 Å². The van der Waals surface area contributed by atoms with E-state index in [2.05, 4.69) is 10.3 Å². The number of amides is 2. The number of halogens is 1. The number of anilines is 2. The van der Waals surface area contributed by atoms with E-state index in [1.54, 1.807) is 6.07 Å².